The van der Waals surface area contributed by atoms with Gasteiger partial charge in [0, 0.05) is 23.5 Å². The van der Waals surface area contributed by atoms with Gasteiger partial charge in [-0.1, -0.05) is 12.1 Å². The van der Waals surface area contributed by atoms with E-state index in [2.05, 4.69) is 0 Å². The number of carbonyl (C=O) groups is 1. The van der Waals surface area contributed by atoms with Crippen molar-refractivity contribution >= 4 is 37.2 Å². The fourth-order valence-electron chi connectivity index (χ4n) is 3.23. The number of hydrogen-bond acceptors (Lipinski definition) is 4. The smallest absolute Gasteiger partial charge is 0.255 e. The molecule has 1 saturated heterocycles. The summed E-state index contributed by atoms with van der Waals surface area (Å²) >= 11 is 1.58. The first-order chi connectivity index (χ1) is 11.0. The van der Waals surface area contributed by atoms with Gasteiger partial charge in [0.05, 0.1) is 11.3 Å². The molecule has 1 fully saturated rings. The molecule has 1 amide bonds. The maximum Gasteiger partial charge on any atom is 0.255 e. The second-order valence-corrected chi connectivity index (χ2v) is 9.39. The molecule has 0 N–H and O–H groups in total. The lowest BCUT2D eigenvalue weighted by molar-refractivity contribution is 0.0611. The lowest BCUT2D eigenvalue weighted by Crippen LogP contribution is -2.44. The second-order valence-electron chi connectivity index (χ2n) is 6.21. The number of sulfone groups is 1. The van der Waals surface area contributed by atoms with Crippen molar-refractivity contribution in [2.24, 2.45) is 0 Å². The van der Waals surface area contributed by atoms with Crippen LogP contribution in [0.15, 0.2) is 29.6 Å². The molecule has 1 aromatic carbocycles. The standard InChI is InChI=1S/C17H21NO3S2/c1-23(20,21)12-9-14-6-2-3-10-18(14)17(19)15-7-4-5-13-8-11-22-16(13)15/h4-5,7-8,11,14H,2-3,6,9-10,12H2,1H3/t14-/m1/s1. The minimum Gasteiger partial charge on any atom is -0.336 e. The molecule has 4 nitrogen and oxygen atoms in total. The molecule has 0 aliphatic carbocycles. The maximum atomic E-state index is 13.0. The van der Waals surface area contributed by atoms with Crippen LogP contribution in [0.25, 0.3) is 10.1 Å². The van der Waals surface area contributed by atoms with Gasteiger partial charge in [-0.2, -0.15) is 0 Å². The molecule has 0 spiro atoms. The summed E-state index contributed by atoms with van der Waals surface area (Å²) in [5.74, 6) is 0.182. The van der Waals surface area contributed by atoms with Gasteiger partial charge >= 0.3 is 0 Å². The van der Waals surface area contributed by atoms with Crippen molar-refractivity contribution in [3.63, 3.8) is 0 Å². The Morgan fingerprint density at radius 1 is 1.30 bits per heavy atom. The molecule has 3 rings (SSSR count). The Morgan fingerprint density at radius 2 is 2.13 bits per heavy atom. The van der Waals surface area contributed by atoms with Gasteiger partial charge in [0.15, 0.2) is 0 Å². The SMILES string of the molecule is CS(=O)(=O)CC[C@H]1CCCCN1C(=O)c1cccc2ccsc12. The van der Waals surface area contributed by atoms with Crippen LogP contribution >= 0.6 is 11.3 Å². The highest BCUT2D eigenvalue weighted by molar-refractivity contribution is 7.90. The molecule has 1 aliphatic rings. The molecule has 6 heteroatoms. The van der Waals surface area contributed by atoms with E-state index in [9.17, 15) is 13.2 Å². The number of carbonyl (C=O) groups excluding carboxylic acids is 1. The summed E-state index contributed by atoms with van der Waals surface area (Å²) in [5, 5.41) is 3.09. The first-order valence-electron chi connectivity index (χ1n) is 7.90. The Balaban J connectivity index is 1.85. The molecule has 1 aliphatic heterocycles. The summed E-state index contributed by atoms with van der Waals surface area (Å²) in [6.07, 6.45) is 4.73. The summed E-state index contributed by atoms with van der Waals surface area (Å²) in [5.41, 5.74) is 0.740. The molecular weight excluding hydrogens is 330 g/mol. The molecule has 2 aromatic rings. The number of piperidine rings is 1. The predicted octanol–water partition coefficient (Wildman–Crippen LogP) is 3.33. The van der Waals surface area contributed by atoms with E-state index in [1.807, 2.05) is 34.5 Å². The minimum absolute atomic E-state index is 0.0289. The zero-order valence-corrected chi connectivity index (χ0v) is 14.8. The third-order valence-corrected chi connectivity index (χ3v) is 6.36. The van der Waals surface area contributed by atoms with Crippen LogP contribution < -0.4 is 0 Å². The fourth-order valence-corrected chi connectivity index (χ4v) is 4.84. The lowest BCUT2D eigenvalue weighted by atomic mass is 9.98. The average molecular weight is 351 g/mol. The van der Waals surface area contributed by atoms with Crippen molar-refractivity contribution in [3.05, 3.63) is 35.2 Å². The third-order valence-electron chi connectivity index (χ3n) is 4.42. The summed E-state index contributed by atoms with van der Waals surface area (Å²) in [4.78, 5) is 14.9. The van der Waals surface area contributed by atoms with Crippen molar-refractivity contribution in [1.29, 1.82) is 0 Å². The van der Waals surface area contributed by atoms with Crippen LogP contribution in [-0.2, 0) is 9.84 Å². The number of fused-ring (bicyclic) bond motifs is 1. The van der Waals surface area contributed by atoms with Crippen LogP contribution in [0, 0.1) is 0 Å². The van der Waals surface area contributed by atoms with Crippen LogP contribution in [0.3, 0.4) is 0 Å². The van der Waals surface area contributed by atoms with Gasteiger partial charge in [-0.3, -0.25) is 4.79 Å². The van der Waals surface area contributed by atoms with E-state index in [1.54, 1.807) is 11.3 Å². The third kappa shape index (κ3) is 3.75. The topological polar surface area (TPSA) is 54.5 Å². The lowest BCUT2D eigenvalue weighted by Gasteiger charge is -2.36. The monoisotopic (exact) mass is 351 g/mol. The largest absolute Gasteiger partial charge is 0.336 e. The van der Waals surface area contributed by atoms with E-state index in [1.165, 1.54) is 6.26 Å². The zero-order valence-electron chi connectivity index (χ0n) is 13.2. The van der Waals surface area contributed by atoms with Gasteiger partial charge in [-0.25, -0.2) is 8.42 Å². The summed E-state index contributed by atoms with van der Waals surface area (Å²) < 4.78 is 23.9. The first kappa shape index (κ1) is 16.5. The fraction of sp³-hybridized carbons (Fsp3) is 0.471. The van der Waals surface area contributed by atoms with Crippen molar-refractivity contribution in [3.8, 4) is 0 Å². The number of thiophene rings is 1. The Hall–Kier alpha value is -1.40. The van der Waals surface area contributed by atoms with Crippen molar-refractivity contribution in [2.75, 3.05) is 18.6 Å². The zero-order chi connectivity index (χ0) is 16.4. The maximum absolute atomic E-state index is 13.0. The predicted molar refractivity (Wildman–Crippen MR) is 94.8 cm³/mol. The molecular formula is C17H21NO3S2. The molecule has 0 radical (unpaired) electrons. The average Bonchev–Trinajstić information content (AvgIpc) is 3.00. The van der Waals surface area contributed by atoms with Gasteiger partial charge in [0.2, 0.25) is 0 Å². The van der Waals surface area contributed by atoms with Crippen LogP contribution in [0.4, 0.5) is 0 Å². The van der Waals surface area contributed by atoms with Crippen LogP contribution in [-0.4, -0.2) is 43.8 Å². The van der Waals surface area contributed by atoms with Crippen molar-refractivity contribution < 1.29 is 13.2 Å². The number of benzene rings is 1. The summed E-state index contributed by atoms with van der Waals surface area (Å²) in [6, 6.07) is 7.86. The molecule has 0 unspecified atom stereocenters. The molecule has 2 heterocycles. The Bertz CT molecular complexity index is 810. The van der Waals surface area contributed by atoms with E-state index in [-0.39, 0.29) is 17.7 Å². The molecule has 124 valence electrons. The quantitative estimate of drug-likeness (QED) is 0.849. The summed E-state index contributed by atoms with van der Waals surface area (Å²) in [6.45, 7) is 0.717. The van der Waals surface area contributed by atoms with Crippen LogP contribution in [0.5, 0.6) is 0 Å². The first-order valence-corrected chi connectivity index (χ1v) is 10.8. The number of hydrogen-bond donors (Lipinski definition) is 0. The Kier molecular flexibility index (Phi) is 4.73. The molecule has 23 heavy (non-hydrogen) atoms. The Labute approximate surface area is 141 Å². The molecule has 0 bridgehead atoms. The van der Waals surface area contributed by atoms with E-state index >= 15 is 0 Å². The highest BCUT2D eigenvalue weighted by atomic mass is 32.2. The minimum atomic E-state index is -3.00. The number of likely N-dealkylation sites (tertiary alicyclic amines) is 1. The molecule has 0 saturated carbocycles. The van der Waals surface area contributed by atoms with Gasteiger partial charge < -0.3 is 4.90 Å². The van der Waals surface area contributed by atoms with Crippen molar-refractivity contribution in [2.45, 2.75) is 31.7 Å². The van der Waals surface area contributed by atoms with Crippen LogP contribution in [0.1, 0.15) is 36.0 Å². The summed E-state index contributed by atoms with van der Waals surface area (Å²) in [7, 11) is -3.00. The van der Waals surface area contributed by atoms with Gasteiger partial charge in [0.1, 0.15) is 9.84 Å². The van der Waals surface area contributed by atoms with Gasteiger partial charge in [0.25, 0.3) is 5.91 Å². The number of nitrogens with zero attached hydrogens (tertiary/aromatic N) is 1. The van der Waals surface area contributed by atoms with Crippen LogP contribution in [0.2, 0.25) is 0 Å². The normalized spacial score (nSPS) is 19.2. The number of rotatable bonds is 4. The second kappa shape index (κ2) is 6.61. The molecule has 1 atom stereocenters. The van der Waals surface area contributed by atoms with E-state index in [4.69, 9.17) is 0 Å². The van der Waals surface area contributed by atoms with E-state index in [0.717, 1.165) is 41.5 Å². The molecule has 1 aromatic heterocycles. The highest BCUT2D eigenvalue weighted by Crippen LogP contribution is 2.28. The van der Waals surface area contributed by atoms with E-state index in [0.29, 0.717) is 6.42 Å². The van der Waals surface area contributed by atoms with Crippen molar-refractivity contribution in [1.82, 2.24) is 4.90 Å². The van der Waals surface area contributed by atoms with Gasteiger partial charge in [-0.15, -0.1) is 11.3 Å². The number of amides is 1. The van der Waals surface area contributed by atoms with E-state index < -0.39 is 9.84 Å². The Morgan fingerprint density at radius 3 is 2.91 bits per heavy atom. The highest BCUT2D eigenvalue weighted by Gasteiger charge is 2.29. The van der Waals surface area contributed by atoms with Gasteiger partial charge in [-0.05, 0) is 48.6 Å².